The van der Waals surface area contributed by atoms with Gasteiger partial charge in [0.1, 0.15) is 0 Å². The van der Waals surface area contributed by atoms with Gasteiger partial charge in [0, 0.05) is 6.16 Å². The fraction of sp³-hybridized carbons (Fsp3) is 1.00. The normalized spacial score (nSPS) is 16.7. The molecule has 0 saturated carbocycles. The second kappa shape index (κ2) is 5.17. The lowest BCUT2D eigenvalue weighted by Crippen LogP contribution is -1.95. The van der Waals surface area contributed by atoms with E-state index in [1.54, 1.807) is 0 Å². The standard InChI is InChI=1S/C6H14ClO2P/c1-3-5-9-10(8,4-2)6-7/h3-6H2,1-2H3/t10-/m0/s1. The summed E-state index contributed by atoms with van der Waals surface area (Å²) in [5.74, 6) is 0. The van der Waals surface area contributed by atoms with Crippen LogP contribution in [-0.2, 0) is 9.09 Å². The molecule has 1 atom stereocenters. The summed E-state index contributed by atoms with van der Waals surface area (Å²) in [6, 6.07) is 0. The highest BCUT2D eigenvalue weighted by Gasteiger charge is 2.17. The van der Waals surface area contributed by atoms with E-state index in [1.807, 2.05) is 13.8 Å². The minimum Gasteiger partial charge on any atom is -0.328 e. The quantitative estimate of drug-likeness (QED) is 0.485. The molecule has 0 aliphatic carbocycles. The van der Waals surface area contributed by atoms with Gasteiger partial charge in [-0.05, 0) is 6.42 Å². The van der Waals surface area contributed by atoms with Crippen molar-refractivity contribution in [2.24, 2.45) is 0 Å². The first-order valence-corrected chi connectivity index (χ1v) is 6.00. The predicted molar refractivity (Wildman–Crippen MR) is 45.1 cm³/mol. The molecule has 0 aromatic heterocycles. The Hall–Kier alpha value is 0.480. The van der Waals surface area contributed by atoms with Gasteiger partial charge in [-0.2, -0.15) is 0 Å². The molecule has 4 heteroatoms. The van der Waals surface area contributed by atoms with E-state index in [4.69, 9.17) is 16.1 Å². The van der Waals surface area contributed by atoms with Gasteiger partial charge in [0.15, 0.2) is 0 Å². The Kier molecular flexibility index (Phi) is 5.42. The molecule has 2 nitrogen and oxygen atoms in total. The van der Waals surface area contributed by atoms with E-state index >= 15 is 0 Å². The summed E-state index contributed by atoms with van der Waals surface area (Å²) in [6.45, 7) is 4.37. The highest BCUT2D eigenvalue weighted by molar-refractivity contribution is 7.60. The van der Waals surface area contributed by atoms with Crippen LogP contribution in [0.3, 0.4) is 0 Å². The molecule has 0 aromatic rings. The Morgan fingerprint density at radius 2 is 2.10 bits per heavy atom. The van der Waals surface area contributed by atoms with E-state index in [9.17, 15) is 4.57 Å². The third-order valence-electron chi connectivity index (χ3n) is 1.19. The Morgan fingerprint density at radius 1 is 1.50 bits per heavy atom. The van der Waals surface area contributed by atoms with Crippen molar-refractivity contribution in [1.82, 2.24) is 0 Å². The van der Waals surface area contributed by atoms with E-state index in [2.05, 4.69) is 0 Å². The maximum Gasteiger partial charge on any atom is 0.217 e. The molecule has 0 aromatic carbocycles. The largest absolute Gasteiger partial charge is 0.328 e. The highest BCUT2D eigenvalue weighted by atomic mass is 35.5. The van der Waals surface area contributed by atoms with E-state index in [-0.39, 0.29) is 5.62 Å². The minimum absolute atomic E-state index is 0.142. The third-order valence-corrected chi connectivity index (χ3v) is 4.27. The lowest BCUT2D eigenvalue weighted by molar-refractivity contribution is 0.316. The molecule has 0 aliphatic heterocycles. The van der Waals surface area contributed by atoms with Crippen LogP contribution < -0.4 is 0 Å². The van der Waals surface area contributed by atoms with Gasteiger partial charge < -0.3 is 4.52 Å². The third kappa shape index (κ3) is 3.60. The van der Waals surface area contributed by atoms with Crippen molar-refractivity contribution in [2.45, 2.75) is 20.3 Å². The van der Waals surface area contributed by atoms with Crippen molar-refractivity contribution in [2.75, 3.05) is 18.4 Å². The molecule has 0 fully saturated rings. The lowest BCUT2D eigenvalue weighted by atomic mass is 10.5. The molecule has 0 heterocycles. The predicted octanol–water partition coefficient (Wildman–Crippen LogP) is 2.91. The van der Waals surface area contributed by atoms with Gasteiger partial charge in [-0.25, -0.2) is 0 Å². The molecule has 0 rings (SSSR count). The summed E-state index contributed by atoms with van der Waals surface area (Å²) in [4.78, 5) is 0. The molecule has 0 unspecified atom stereocenters. The zero-order chi connectivity index (χ0) is 8.04. The highest BCUT2D eigenvalue weighted by Crippen LogP contribution is 2.47. The first-order valence-electron chi connectivity index (χ1n) is 3.47. The van der Waals surface area contributed by atoms with Gasteiger partial charge >= 0.3 is 0 Å². The van der Waals surface area contributed by atoms with E-state index in [0.29, 0.717) is 12.8 Å². The second-order valence-corrected chi connectivity index (χ2v) is 5.56. The van der Waals surface area contributed by atoms with Gasteiger partial charge in [0.25, 0.3) is 0 Å². The van der Waals surface area contributed by atoms with Crippen molar-refractivity contribution in [3.05, 3.63) is 0 Å². The van der Waals surface area contributed by atoms with Crippen LogP contribution >= 0.6 is 19.0 Å². The molecular weight excluding hydrogens is 170 g/mol. The number of hydrogen-bond donors (Lipinski definition) is 0. The molecule has 0 radical (unpaired) electrons. The van der Waals surface area contributed by atoms with Gasteiger partial charge in [-0.1, -0.05) is 13.8 Å². The first-order chi connectivity index (χ1) is 4.68. The summed E-state index contributed by atoms with van der Waals surface area (Å²) < 4.78 is 16.5. The van der Waals surface area contributed by atoms with Crippen LogP contribution in [0.25, 0.3) is 0 Å². The van der Waals surface area contributed by atoms with Crippen molar-refractivity contribution in [3.63, 3.8) is 0 Å². The van der Waals surface area contributed by atoms with Crippen LogP contribution in [-0.4, -0.2) is 18.4 Å². The van der Waals surface area contributed by atoms with E-state index in [0.717, 1.165) is 6.42 Å². The Morgan fingerprint density at radius 3 is 2.40 bits per heavy atom. The second-order valence-electron chi connectivity index (χ2n) is 2.08. The van der Waals surface area contributed by atoms with Gasteiger partial charge in [-0.15, -0.1) is 11.6 Å². The van der Waals surface area contributed by atoms with Gasteiger partial charge in [0.05, 0.1) is 12.2 Å². The lowest BCUT2D eigenvalue weighted by Gasteiger charge is -2.12. The molecule has 0 saturated heterocycles. The van der Waals surface area contributed by atoms with Crippen molar-refractivity contribution in [3.8, 4) is 0 Å². The fourth-order valence-corrected chi connectivity index (χ4v) is 2.12. The zero-order valence-corrected chi connectivity index (χ0v) is 8.12. The van der Waals surface area contributed by atoms with Crippen molar-refractivity contribution < 1.29 is 9.09 Å². The molecule has 62 valence electrons. The topological polar surface area (TPSA) is 26.3 Å². The molecule has 0 N–H and O–H groups in total. The van der Waals surface area contributed by atoms with Gasteiger partial charge in [-0.3, -0.25) is 4.57 Å². The van der Waals surface area contributed by atoms with Crippen LogP contribution in [0.1, 0.15) is 20.3 Å². The summed E-state index contributed by atoms with van der Waals surface area (Å²) in [6.07, 6.45) is 1.43. The fourth-order valence-electron chi connectivity index (χ4n) is 0.468. The Bertz CT molecular complexity index is 119. The van der Waals surface area contributed by atoms with Crippen LogP contribution in [0.2, 0.25) is 0 Å². The van der Waals surface area contributed by atoms with E-state index in [1.165, 1.54) is 0 Å². The summed E-state index contributed by atoms with van der Waals surface area (Å²) >= 11 is 5.46. The average molecular weight is 185 g/mol. The Labute approximate surface area is 67.4 Å². The van der Waals surface area contributed by atoms with Crippen molar-refractivity contribution in [1.29, 1.82) is 0 Å². The summed E-state index contributed by atoms with van der Waals surface area (Å²) in [5, 5.41) is 0. The minimum atomic E-state index is -2.43. The zero-order valence-electron chi connectivity index (χ0n) is 6.47. The summed E-state index contributed by atoms with van der Waals surface area (Å²) in [5.41, 5.74) is 0.142. The van der Waals surface area contributed by atoms with E-state index < -0.39 is 7.37 Å². The number of alkyl halides is 1. The monoisotopic (exact) mass is 184 g/mol. The number of halogens is 1. The SMILES string of the molecule is CCCO[P@@](=O)(CC)CCl. The van der Waals surface area contributed by atoms with Crippen LogP contribution in [0.5, 0.6) is 0 Å². The van der Waals surface area contributed by atoms with Crippen LogP contribution in [0, 0.1) is 0 Å². The molecule has 0 spiro atoms. The molecular formula is C6H14ClO2P. The molecule has 0 amide bonds. The van der Waals surface area contributed by atoms with Crippen molar-refractivity contribution >= 4 is 19.0 Å². The van der Waals surface area contributed by atoms with Crippen LogP contribution in [0.4, 0.5) is 0 Å². The number of hydrogen-bond acceptors (Lipinski definition) is 2. The maximum atomic E-state index is 11.4. The average Bonchev–Trinajstić information content (AvgIpc) is 2.00. The maximum absolute atomic E-state index is 11.4. The molecule has 0 aliphatic rings. The Balaban J connectivity index is 3.70. The smallest absolute Gasteiger partial charge is 0.217 e. The van der Waals surface area contributed by atoms with Gasteiger partial charge in [0.2, 0.25) is 7.37 Å². The molecule has 0 bridgehead atoms. The van der Waals surface area contributed by atoms with Crippen LogP contribution in [0.15, 0.2) is 0 Å². The number of rotatable bonds is 5. The molecule has 10 heavy (non-hydrogen) atoms. The first kappa shape index (κ1) is 10.5. The summed E-state index contributed by atoms with van der Waals surface area (Å²) in [7, 11) is -2.43.